The molecule has 6 heteroatoms. The van der Waals surface area contributed by atoms with Crippen LogP contribution in [0.3, 0.4) is 0 Å². The molecule has 4 aromatic rings. The van der Waals surface area contributed by atoms with E-state index < -0.39 is 11.6 Å². The van der Waals surface area contributed by atoms with Crippen molar-refractivity contribution in [2.24, 2.45) is 0 Å². The van der Waals surface area contributed by atoms with Gasteiger partial charge in [0.2, 0.25) is 0 Å². The van der Waals surface area contributed by atoms with Gasteiger partial charge in [0.05, 0.1) is 14.2 Å². The molecule has 4 rings (SSSR count). The van der Waals surface area contributed by atoms with E-state index in [-0.39, 0.29) is 0 Å². The highest BCUT2D eigenvalue weighted by atomic mass is 35.5. The number of ether oxygens (including phenoxy) is 2. The molecule has 0 aromatic heterocycles. The lowest BCUT2D eigenvalue weighted by molar-refractivity contribution is 0.415. The Morgan fingerprint density at radius 2 is 1.00 bits per heavy atom. The summed E-state index contributed by atoms with van der Waals surface area (Å²) >= 11 is 11.9. The molecule has 0 heterocycles. The summed E-state index contributed by atoms with van der Waals surface area (Å²) < 4.78 is 40.7. The van der Waals surface area contributed by atoms with Gasteiger partial charge < -0.3 is 9.47 Å². The normalized spacial score (nSPS) is 11.0. The molecule has 0 spiro atoms. The molecule has 4 aromatic carbocycles. The first-order valence-corrected chi connectivity index (χ1v) is 9.78. The zero-order valence-corrected chi connectivity index (χ0v) is 17.6. The highest BCUT2D eigenvalue weighted by Crippen LogP contribution is 2.45. The Labute approximate surface area is 182 Å². The molecule has 152 valence electrons. The summed E-state index contributed by atoms with van der Waals surface area (Å²) in [7, 11) is 3.03. The van der Waals surface area contributed by atoms with E-state index in [1.165, 1.54) is 26.4 Å². The minimum absolute atomic E-state index is 0.293. The predicted octanol–water partition coefficient (Wildman–Crippen LogP) is 7.78. The Bertz CT molecular complexity index is 1170. The molecule has 0 aliphatic heterocycles. The number of rotatable bonds is 4. The van der Waals surface area contributed by atoms with E-state index in [0.717, 1.165) is 0 Å². The number of hydrogen-bond donors (Lipinski definition) is 0. The molecular weight excluding hydrogens is 429 g/mol. The summed E-state index contributed by atoms with van der Waals surface area (Å²) in [6, 6.07) is 16.0. The fourth-order valence-electron chi connectivity index (χ4n) is 3.65. The zero-order valence-electron chi connectivity index (χ0n) is 16.1. The van der Waals surface area contributed by atoms with Crippen molar-refractivity contribution in [2.75, 3.05) is 14.2 Å². The Morgan fingerprint density at radius 3 is 1.33 bits per heavy atom. The van der Waals surface area contributed by atoms with E-state index in [2.05, 4.69) is 0 Å². The van der Waals surface area contributed by atoms with Crippen LogP contribution in [0.25, 0.3) is 33.0 Å². The van der Waals surface area contributed by atoms with Crippen molar-refractivity contribution in [3.63, 3.8) is 0 Å². The van der Waals surface area contributed by atoms with Crippen LogP contribution in [0.5, 0.6) is 11.5 Å². The predicted molar refractivity (Wildman–Crippen MR) is 118 cm³/mol. The molecule has 0 aliphatic carbocycles. The largest absolute Gasteiger partial charge is 0.496 e. The molecule has 0 aliphatic rings. The van der Waals surface area contributed by atoms with Gasteiger partial charge in [0.15, 0.2) is 0 Å². The van der Waals surface area contributed by atoms with Crippen LogP contribution in [0.1, 0.15) is 0 Å². The number of hydrogen-bond acceptors (Lipinski definition) is 2. The molecule has 30 heavy (non-hydrogen) atoms. The Balaban J connectivity index is 2.12. The first-order chi connectivity index (χ1) is 14.4. The maximum atomic E-state index is 14.8. The number of fused-ring (bicyclic) bond motifs is 1. The maximum Gasteiger partial charge on any atom is 0.132 e. The van der Waals surface area contributed by atoms with Gasteiger partial charge in [-0.05, 0) is 71.4 Å². The van der Waals surface area contributed by atoms with Crippen LogP contribution < -0.4 is 9.47 Å². The molecule has 0 unspecified atom stereocenters. The van der Waals surface area contributed by atoms with Crippen LogP contribution in [0.4, 0.5) is 8.78 Å². The van der Waals surface area contributed by atoms with Crippen LogP contribution in [-0.2, 0) is 0 Å². The lowest BCUT2D eigenvalue weighted by Crippen LogP contribution is -1.96. The van der Waals surface area contributed by atoms with E-state index in [0.29, 0.717) is 54.6 Å². The minimum Gasteiger partial charge on any atom is -0.496 e. The first kappa shape index (κ1) is 20.5. The average molecular weight is 445 g/mol. The smallest absolute Gasteiger partial charge is 0.132 e. The van der Waals surface area contributed by atoms with Crippen molar-refractivity contribution in [1.29, 1.82) is 0 Å². The second-order valence-electron chi connectivity index (χ2n) is 6.63. The van der Waals surface area contributed by atoms with Crippen LogP contribution in [-0.4, -0.2) is 14.2 Å². The molecule has 0 fully saturated rings. The van der Waals surface area contributed by atoms with Gasteiger partial charge in [-0.2, -0.15) is 0 Å². The molecule has 0 amide bonds. The van der Waals surface area contributed by atoms with Crippen LogP contribution >= 0.6 is 23.2 Å². The average Bonchev–Trinajstić information content (AvgIpc) is 2.73. The quantitative estimate of drug-likeness (QED) is 0.319. The van der Waals surface area contributed by atoms with Gasteiger partial charge in [-0.25, -0.2) is 8.78 Å². The van der Waals surface area contributed by atoms with Gasteiger partial charge in [-0.3, -0.25) is 0 Å². The van der Waals surface area contributed by atoms with Gasteiger partial charge in [0.1, 0.15) is 23.1 Å². The van der Waals surface area contributed by atoms with Crippen LogP contribution in [0, 0.1) is 11.6 Å². The molecule has 0 N–H and O–H groups in total. The van der Waals surface area contributed by atoms with Gasteiger partial charge in [-0.1, -0.05) is 23.2 Å². The van der Waals surface area contributed by atoms with Crippen molar-refractivity contribution in [2.45, 2.75) is 0 Å². The molecular formula is C24H16Cl2F2O2. The topological polar surface area (TPSA) is 18.5 Å². The molecule has 0 radical (unpaired) electrons. The lowest BCUT2D eigenvalue weighted by Gasteiger charge is -2.18. The van der Waals surface area contributed by atoms with E-state index in [9.17, 15) is 8.78 Å². The Kier molecular flexibility index (Phi) is 5.54. The van der Waals surface area contributed by atoms with Crippen LogP contribution in [0.15, 0.2) is 60.7 Å². The first-order valence-electron chi connectivity index (χ1n) is 9.03. The number of benzene rings is 4. The molecule has 0 bridgehead atoms. The third-order valence-corrected chi connectivity index (χ3v) is 5.44. The molecule has 0 saturated heterocycles. The van der Waals surface area contributed by atoms with Crippen molar-refractivity contribution in [1.82, 2.24) is 0 Å². The standard InChI is InChI=1S/C24H16Cl2F2O2/c1-29-21-9-7-16-15(23(21)17-5-3-13(25)11-19(17)27)8-10-22(30-2)24(16)18-6-4-14(26)12-20(18)28/h3-12H,1-2H3. The summed E-state index contributed by atoms with van der Waals surface area (Å²) in [5, 5.41) is 1.95. The van der Waals surface area contributed by atoms with Gasteiger partial charge in [-0.15, -0.1) is 0 Å². The lowest BCUT2D eigenvalue weighted by atomic mass is 9.91. The second kappa shape index (κ2) is 8.13. The highest BCUT2D eigenvalue weighted by molar-refractivity contribution is 6.31. The van der Waals surface area contributed by atoms with Gasteiger partial charge >= 0.3 is 0 Å². The summed E-state index contributed by atoms with van der Waals surface area (Å²) in [6.07, 6.45) is 0. The Hall–Kier alpha value is -2.82. The van der Waals surface area contributed by atoms with E-state index >= 15 is 0 Å². The summed E-state index contributed by atoms with van der Waals surface area (Å²) in [4.78, 5) is 0. The second-order valence-corrected chi connectivity index (χ2v) is 7.50. The van der Waals surface area contributed by atoms with E-state index in [1.807, 2.05) is 0 Å². The monoisotopic (exact) mass is 444 g/mol. The number of halogens is 4. The molecule has 2 nitrogen and oxygen atoms in total. The zero-order chi connectivity index (χ0) is 21.4. The summed E-state index contributed by atoms with van der Waals surface area (Å²) in [5.41, 5.74) is 1.74. The van der Waals surface area contributed by atoms with E-state index in [4.69, 9.17) is 32.7 Å². The molecule has 0 atom stereocenters. The van der Waals surface area contributed by atoms with Gasteiger partial charge in [0.25, 0.3) is 0 Å². The Morgan fingerprint density at radius 1 is 0.600 bits per heavy atom. The molecule has 0 saturated carbocycles. The summed E-state index contributed by atoms with van der Waals surface area (Å²) in [6.45, 7) is 0. The van der Waals surface area contributed by atoms with Crippen molar-refractivity contribution in [3.05, 3.63) is 82.3 Å². The third kappa shape index (κ3) is 3.47. The highest BCUT2D eigenvalue weighted by Gasteiger charge is 2.20. The summed E-state index contributed by atoms with van der Waals surface area (Å²) in [5.74, 6) is -0.000447. The van der Waals surface area contributed by atoms with Crippen LogP contribution in [0.2, 0.25) is 10.0 Å². The van der Waals surface area contributed by atoms with Crippen molar-refractivity contribution < 1.29 is 18.3 Å². The third-order valence-electron chi connectivity index (χ3n) is 4.97. The van der Waals surface area contributed by atoms with Crippen molar-refractivity contribution >= 4 is 34.0 Å². The van der Waals surface area contributed by atoms with E-state index in [1.54, 1.807) is 48.5 Å². The van der Waals surface area contributed by atoms with Gasteiger partial charge in [0, 0.05) is 32.3 Å². The fourth-order valence-corrected chi connectivity index (χ4v) is 3.96. The maximum absolute atomic E-state index is 14.8. The fraction of sp³-hybridized carbons (Fsp3) is 0.0833. The number of methoxy groups -OCH3 is 2. The van der Waals surface area contributed by atoms with Crippen molar-refractivity contribution in [3.8, 4) is 33.8 Å². The SMILES string of the molecule is COc1ccc2c(-c3ccc(Cl)cc3F)c(OC)ccc2c1-c1ccc(Cl)cc1F. The minimum atomic E-state index is -0.483.